The summed E-state index contributed by atoms with van der Waals surface area (Å²) in [5.74, 6) is 0.0963. The van der Waals surface area contributed by atoms with E-state index in [-0.39, 0.29) is 23.6 Å². The first-order valence-corrected chi connectivity index (χ1v) is 8.86. The number of piperazine rings is 1. The van der Waals surface area contributed by atoms with E-state index in [2.05, 4.69) is 32.0 Å². The molecule has 1 aliphatic rings. The summed E-state index contributed by atoms with van der Waals surface area (Å²) in [5.41, 5.74) is 3.58. The van der Waals surface area contributed by atoms with E-state index in [9.17, 15) is 9.59 Å². The molecular formula is C17H24N2O2S. The summed E-state index contributed by atoms with van der Waals surface area (Å²) in [6, 6.07) is 6.37. The van der Waals surface area contributed by atoms with Gasteiger partial charge in [-0.3, -0.25) is 9.59 Å². The second-order valence-electron chi connectivity index (χ2n) is 5.95. The number of hydrogen-bond donors (Lipinski definition) is 0. The Hall–Kier alpha value is -1.49. The summed E-state index contributed by atoms with van der Waals surface area (Å²) in [7, 11) is 0. The van der Waals surface area contributed by atoms with Crippen LogP contribution in [0, 0.1) is 13.8 Å². The Balaban J connectivity index is 1.99. The molecule has 1 atom stereocenters. The third-order valence-electron chi connectivity index (χ3n) is 3.99. The monoisotopic (exact) mass is 320 g/mol. The van der Waals surface area contributed by atoms with Crippen molar-refractivity contribution >= 4 is 23.6 Å². The van der Waals surface area contributed by atoms with Gasteiger partial charge in [0.15, 0.2) is 0 Å². The van der Waals surface area contributed by atoms with Crippen LogP contribution in [0.1, 0.15) is 23.6 Å². The van der Waals surface area contributed by atoms with Crippen molar-refractivity contribution in [3.63, 3.8) is 0 Å². The Bertz CT molecular complexity index is 554. The lowest BCUT2D eigenvalue weighted by atomic mass is 10.1. The maximum atomic E-state index is 12.3. The zero-order valence-corrected chi connectivity index (χ0v) is 14.6. The molecule has 0 radical (unpaired) electrons. The highest BCUT2D eigenvalue weighted by atomic mass is 32.2. The van der Waals surface area contributed by atoms with Crippen LogP contribution in [0.2, 0.25) is 0 Å². The van der Waals surface area contributed by atoms with E-state index >= 15 is 0 Å². The Morgan fingerprint density at radius 3 is 2.41 bits per heavy atom. The summed E-state index contributed by atoms with van der Waals surface area (Å²) in [6.45, 7) is 8.09. The molecule has 2 amide bonds. The van der Waals surface area contributed by atoms with Crippen molar-refractivity contribution in [1.29, 1.82) is 0 Å². The van der Waals surface area contributed by atoms with Gasteiger partial charge in [0.2, 0.25) is 11.8 Å². The van der Waals surface area contributed by atoms with Gasteiger partial charge in [-0.15, -0.1) is 0 Å². The molecule has 1 aromatic rings. The van der Waals surface area contributed by atoms with Gasteiger partial charge in [0, 0.05) is 19.6 Å². The fourth-order valence-corrected chi connectivity index (χ4v) is 3.15. The first kappa shape index (κ1) is 16.9. The van der Waals surface area contributed by atoms with E-state index in [0.717, 1.165) is 5.56 Å². The molecule has 0 aliphatic carbocycles. The highest BCUT2D eigenvalue weighted by Gasteiger charge is 2.29. The van der Waals surface area contributed by atoms with E-state index in [0.29, 0.717) is 19.6 Å². The largest absolute Gasteiger partial charge is 0.335 e. The van der Waals surface area contributed by atoms with Crippen LogP contribution < -0.4 is 0 Å². The van der Waals surface area contributed by atoms with Crippen molar-refractivity contribution in [2.45, 2.75) is 32.6 Å². The van der Waals surface area contributed by atoms with Gasteiger partial charge in [0.25, 0.3) is 0 Å². The number of benzene rings is 1. The first-order chi connectivity index (χ1) is 10.4. The molecule has 22 heavy (non-hydrogen) atoms. The van der Waals surface area contributed by atoms with E-state index in [1.54, 1.807) is 4.90 Å². The maximum Gasteiger partial charge on any atom is 0.242 e. The number of carbonyl (C=O) groups is 2. The highest BCUT2D eigenvalue weighted by Crippen LogP contribution is 2.16. The van der Waals surface area contributed by atoms with E-state index in [1.807, 2.05) is 18.1 Å². The topological polar surface area (TPSA) is 40.6 Å². The molecule has 0 bridgehead atoms. The molecule has 0 spiro atoms. The van der Waals surface area contributed by atoms with E-state index in [4.69, 9.17) is 0 Å². The van der Waals surface area contributed by atoms with Gasteiger partial charge >= 0.3 is 0 Å². The number of nitrogens with zero attached hydrogens (tertiary/aromatic N) is 2. The van der Waals surface area contributed by atoms with Crippen LogP contribution in [0.3, 0.4) is 0 Å². The number of carbonyl (C=O) groups excluding carboxylic acids is 2. The van der Waals surface area contributed by atoms with E-state index in [1.165, 1.54) is 22.9 Å². The lowest BCUT2D eigenvalue weighted by molar-refractivity contribution is -0.145. The van der Waals surface area contributed by atoms with Gasteiger partial charge in [-0.2, -0.15) is 11.8 Å². The first-order valence-electron chi connectivity index (χ1n) is 7.57. The molecule has 120 valence electrons. The summed E-state index contributed by atoms with van der Waals surface area (Å²) >= 11 is 1.52. The van der Waals surface area contributed by atoms with Crippen molar-refractivity contribution in [3.05, 3.63) is 34.9 Å². The average molecular weight is 320 g/mol. The normalized spacial score (nSPS) is 16.8. The van der Waals surface area contributed by atoms with Crippen molar-refractivity contribution in [2.24, 2.45) is 0 Å². The van der Waals surface area contributed by atoms with Crippen LogP contribution in [0.15, 0.2) is 18.2 Å². The molecule has 5 heteroatoms. The number of aryl methyl sites for hydroxylation is 2. The Morgan fingerprint density at radius 1 is 1.23 bits per heavy atom. The molecule has 0 unspecified atom stereocenters. The van der Waals surface area contributed by atoms with Crippen molar-refractivity contribution in [1.82, 2.24) is 9.80 Å². The van der Waals surface area contributed by atoms with Gasteiger partial charge in [0.1, 0.15) is 0 Å². The van der Waals surface area contributed by atoms with Crippen LogP contribution in [-0.4, -0.2) is 52.8 Å². The second-order valence-corrected chi connectivity index (χ2v) is 7.13. The molecule has 4 nitrogen and oxygen atoms in total. The molecule has 2 rings (SSSR count). The van der Waals surface area contributed by atoms with Gasteiger partial charge in [0.05, 0.1) is 11.8 Å². The lowest BCUT2D eigenvalue weighted by Gasteiger charge is -2.35. The SMILES string of the molecule is CS[C@@H](C)C(=O)N1CCN(Cc2cc(C)cc(C)c2)C(=O)C1. The minimum Gasteiger partial charge on any atom is -0.335 e. The quantitative estimate of drug-likeness (QED) is 0.854. The third-order valence-corrected chi connectivity index (χ3v) is 4.90. The fourth-order valence-electron chi connectivity index (χ4n) is 2.80. The molecular weight excluding hydrogens is 296 g/mol. The zero-order valence-electron chi connectivity index (χ0n) is 13.8. The van der Waals surface area contributed by atoms with Crippen molar-refractivity contribution in [2.75, 3.05) is 25.9 Å². The molecule has 1 aromatic carbocycles. The van der Waals surface area contributed by atoms with Crippen LogP contribution in [0.4, 0.5) is 0 Å². The molecule has 1 heterocycles. The van der Waals surface area contributed by atoms with Crippen molar-refractivity contribution in [3.8, 4) is 0 Å². The molecule has 1 saturated heterocycles. The molecule has 0 aromatic heterocycles. The van der Waals surface area contributed by atoms with Gasteiger partial charge in [-0.05, 0) is 32.6 Å². The minimum atomic E-state index is -0.0845. The number of rotatable bonds is 4. The Morgan fingerprint density at radius 2 is 1.86 bits per heavy atom. The summed E-state index contributed by atoms with van der Waals surface area (Å²) in [4.78, 5) is 28.0. The van der Waals surface area contributed by atoms with Gasteiger partial charge < -0.3 is 9.80 Å². The van der Waals surface area contributed by atoms with E-state index < -0.39 is 0 Å². The molecule has 1 fully saturated rings. The Kier molecular flexibility index (Phi) is 5.51. The number of amides is 2. The molecule has 0 N–H and O–H groups in total. The van der Waals surface area contributed by atoms with Crippen LogP contribution in [-0.2, 0) is 16.1 Å². The summed E-state index contributed by atoms with van der Waals surface area (Å²) < 4.78 is 0. The average Bonchev–Trinajstić information content (AvgIpc) is 2.46. The summed E-state index contributed by atoms with van der Waals surface area (Å²) in [6.07, 6.45) is 1.92. The predicted molar refractivity (Wildman–Crippen MR) is 90.9 cm³/mol. The zero-order chi connectivity index (χ0) is 16.3. The van der Waals surface area contributed by atoms with Crippen LogP contribution in [0.25, 0.3) is 0 Å². The minimum absolute atomic E-state index is 0.0343. The number of hydrogen-bond acceptors (Lipinski definition) is 3. The standard InChI is InChI=1S/C17H24N2O2S/c1-12-7-13(2)9-15(8-12)10-18-5-6-19(11-16(18)20)17(21)14(3)22-4/h7-9,14H,5-6,10-11H2,1-4H3/t14-/m0/s1. The third kappa shape index (κ3) is 4.03. The lowest BCUT2D eigenvalue weighted by Crippen LogP contribution is -2.53. The highest BCUT2D eigenvalue weighted by molar-refractivity contribution is 7.99. The van der Waals surface area contributed by atoms with Gasteiger partial charge in [-0.1, -0.05) is 29.3 Å². The van der Waals surface area contributed by atoms with Crippen LogP contribution in [0.5, 0.6) is 0 Å². The second kappa shape index (κ2) is 7.18. The fraction of sp³-hybridized carbons (Fsp3) is 0.529. The van der Waals surface area contributed by atoms with Crippen LogP contribution >= 0.6 is 11.8 Å². The summed E-state index contributed by atoms with van der Waals surface area (Å²) in [5, 5.41) is -0.0845. The Labute approximate surface area is 136 Å². The molecule has 1 aliphatic heterocycles. The van der Waals surface area contributed by atoms with Crippen molar-refractivity contribution < 1.29 is 9.59 Å². The van der Waals surface area contributed by atoms with Gasteiger partial charge in [-0.25, -0.2) is 0 Å². The molecule has 0 saturated carbocycles. The predicted octanol–water partition coefficient (Wildman–Crippen LogP) is 2.23. The smallest absolute Gasteiger partial charge is 0.242 e. The maximum absolute atomic E-state index is 12.3. The number of thioether (sulfide) groups is 1.